The highest BCUT2D eigenvalue weighted by atomic mass is 16.5. The first-order valence-electron chi connectivity index (χ1n) is 6.90. The first-order valence-corrected chi connectivity index (χ1v) is 6.90. The molecule has 4 heteroatoms. The second kappa shape index (κ2) is 7.82. The van der Waals surface area contributed by atoms with Gasteiger partial charge in [-0.05, 0) is 5.56 Å². The molecule has 1 saturated heterocycles. The molecule has 1 aliphatic rings. The summed E-state index contributed by atoms with van der Waals surface area (Å²) in [4.78, 5) is 13.5. The molecule has 0 radical (unpaired) electrons. The van der Waals surface area contributed by atoms with Crippen molar-refractivity contribution in [2.45, 2.75) is 12.5 Å². The highest BCUT2D eigenvalue weighted by molar-refractivity contribution is 5.69. The van der Waals surface area contributed by atoms with Crippen molar-refractivity contribution in [1.29, 1.82) is 0 Å². The maximum Gasteiger partial charge on any atom is 0.308 e. The molecule has 0 N–H and O–H groups in total. The van der Waals surface area contributed by atoms with Gasteiger partial charge in [0.05, 0.1) is 26.2 Å². The second-order valence-electron chi connectivity index (χ2n) is 4.85. The number of rotatable bonds is 5. The van der Waals surface area contributed by atoms with Crippen LogP contribution >= 0.6 is 0 Å². The predicted octanol–water partition coefficient (Wildman–Crippen LogP) is 1.96. The van der Waals surface area contributed by atoms with E-state index in [2.05, 4.69) is 33.9 Å². The van der Waals surface area contributed by atoms with E-state index in [1.165, 1.54) is 12.7 Å². The van der Waals surface area contributed by atoms with Crippen LogP contribution in [0.1, 0.15) is 12.0 Å². The summed E-state index contributed by atoms with van der Waals surface area (Å²) in [6.07, 6.45) is 4.54. The summed E-state index contributed by atoms with van der Waals surface area (Å²) in [5.41, 5.74) is 1.20. The molecular weight excluding hydrogens is 254 g/mol. The highest BCUT2D eigenvalue weighted by Crippen LogP contribution is 2.10. The van der Waals surface area contributed by atoms with Crippen LogP contribution in [0.25, 0.3) is 6.08 Å². The summed E-state index contributed by atoms with van der Waals surface area (Å²) in [5.74, 6) is -0.211. The lowest BCUT2D eigenvalue weighted by Gasteiger charge is -2.31. The number of hydrogen-bond donors (Lipinski definition) is 0. The van der Waals surface area contributed by atoms with Crippen LogP contribution < -0.4 is 0 Å². The predicted molar refractivity (Wildman–Crippen MR) is 78.3 cm³/mol. The number of carbonyl (C=O) groups excluding carboxylic acids is 1. The van der Waals surface area contributed by atoms with E-state index in [0.29, 0.717) is 13.0 Å². The molecule has 1 aromatic rings. The number of carbonyl (C=O) groups is 1. The summed E-state index contributed by atoms with van der Waals surface area (Å²) < 4.78 is 10.3. The fourth-order valence-corrected chi connectivity index (χ4v) is 2.24. The smallest absolute Gasteiger partial charge is 0.308 e. The third kappa shape index (κ3) is 4.79. The van der Waals surface area contributed by atoms with E-state index in [1.807, 2.05) is 18.2 Å². The molecule has 1 aromatic carbocycles. The molecule has 0 aromatic heterocycles. The lowest BCUT2D eigenvalue weighted by Crippen LogP contribution is -2.43. The average molecular weight is 275 g/mol. The molecule has 1 aliphatic heterocycles. The van der Waals surface area contributed by atoms with Crippen molar-refractivity contribution in [3.63, 3.8) is 0 Å². The van der Waals surface area contributed by atoms with Crippen molar-refractivity contribution in [3.8, 4) is 0 Å². The minimum absolute atomic E-state index is 0.0543. The van der Waals surface area contributed by atoms with E-state index in [9.17, 15) is 4.79 Å². The highest BCUT2D eigenvalue weighted by Gasteiger charge is 2.22. The number of morpholine rings is 1. The fourth-order valence-electron chi connectivity index (χ4n) is 2.24. The molecule has 1 atom stereocenters. The van der Waals surface area contributed by atoms with Gasteiger partial charge in [0.25, 0.3) is 0 Å². The molecule has 2 rings (SSSR count). The Bertz CT molecular complexity index is 444. The van der Waals surface area contributed by atoms with E-state index in [4.69, 9.17) is 4.74 Å². The first-order chi connectivity index (χ1) is 9.78. The summed E-state index contributed by atoms with van der Waals surface area (Å²) in [5, 5.41) is 0. The normalized spacial score (nSPS) is 20.1. The van der Waals surface area contributed by atoms with E-state index in [1.54, 1.807) is 0 Å². The van der Waals surface area contributed by atoms with Crippen LogP contribution in [0.5, 0.6) is 0 Å². The number of ether oxygens (including phenoxy) is 2. The summed E-state index contributed by atoms with van der Waals surface area (Å²) in [7, 11) is 1.41. The maximum atomic E-state index is 11.3. The molecule has 0 spiro atoms. The van der Waals surface area contributed by atoms with Crippen LogP contribution in [-0.4, -0.2) is 50.3 Å². The van der Waals surface area contributed by atoms with Gasteiger partial charge in [-0.1, -0.05) is 42.5 Å². The van der Waals surface area contributed by atoms with Crippen molar-refractivity contribution in [3.05, 3.63) is 42.0 Å². The van der Waals surface area contributed by atoms with E-state index < -0.39 is 0 Å². The third-order valence-electron chi connectivity index (χ3n) is 3.32. The van der Waals surface area contributed by atoms with Gasteiger partial charge in [0.2, 0.25) is 0 Å². The molecule has 0 saturated carbocycles. The Kier molecular flexibility index (Phi) is 5.77. The Morgan fingerprint density at radius 3 is 3.00 bits per heavy atom. The zero-order chi connectivity index (χ0) is 14.2. The fraction of sp³-hybridized carbons (Fsp3) is 0.438. The first kappa shape index (κ1) is 14.8. The molecule has 108 valence electrons. The lowest BCUT2D eigenvalue weighted by molar-refractivity contribution is -0.145. The Morgan fingerprint density at radius 2 is 2.25 bits per heavy atom. The van der Waals surface area contributed by atoms with Gasteiger partial charge in [0.1, 0.15) is 0 Å². The zero-order valence-electron chi connectivity index (χ0n) is 11.8. The van der Waals surface area contributed by atoms with Crippen molar-refractivity contribution in [2.75, 3.05) is 33.4 Å². The number of benzene rings is 1. The molecule has 4 nitrogen and oxygen atoms in total. The summed E-state index contributed by atoms with van der Waals surface area (Å²) >= 11 is 0. The zero-order valence-corrected chi connectivity index (χ0v) is 11.8. The summed E-state index contributed by atoms with van der Waals surface area (Å²) in [6, 6.07) is 10.2. The minimum atomic E-state index is -0.211. The molecule has 20 heavy (non-hydrogen) atoms. The van der Waals surface area contributed by atoms with Crippen molar-refractivity contribution in [1.82, 2.24) is 4.90 Å². The molecule has 0 bridgehead atoms. The van der Waals surface area contributed by atoms with Crippen molar-refractivity contribution < 1.29 is 14.3 Å². The largest absolute Gasteiger partial charge is 0.469 e. The number of esters is 1. The van der Waals surface area contributed by atoms with Crippen LogP contribution in [0.2, 0.25) is 0 Å². The van der Waals surface area contributed by atoms with Crippen molar-refractivity contribution in [2.24, 2.45) is 0 Å². The number of hydrogen-bond acceptors (Lipinski definition) is 4. The third-order valence-corrected chi connectivity index (χ3v) is 3.32. The molecule has 1 heterocycles. The molecule has 0 amide bonds. The van der Waals surface area contributed by atoms with Crippen LogP contribution in [0.15, 0.2) is 36.4 Å². The summed E-state index contributed by atoms with van der Waals surface area (Å²) in [6.45, 7) is 3.21. The molecule has 1 unspecified atom stereocenters. The van der Waals surface area contributed by atoms with E-state index in [0.717, 1.165) is 19.6 Å². The number of methoxy groups -OCH3 is 1. The Morgan fingerprint density at radius 1 is 1.45 bits per heavy atom. The Balaban J connectivity index is 1.78. The standard InChI is InChI=1S/C16H21NO3/c1-19-16(18)12-15-13-17(10-11-20-15)9-5-8-14-6-3-2-4-7-14/h2-8,15H,9-13H2,1H3. The molecule has 0 aliphatic carbocycles. The van der Waals surface area contributed by atoms with Gasteiger partial charge < -0.3 is 9.47 Å². The minimum Gasteiger partial charge on any atom is -0.469 e. The van der Waals surface area contributed by atoms with Crippen LogP contribution in [0.3, 0.4) is 0 Å². The monoisotopic (exact) mass is 275 g/mol. The Labute approximate surface area is 120 Å². The number of nitrogens with zero attached hydrogens (tertiary/aromatic N) is 1. The topological polar surface area (TPSA) is 38.8 Å². The average Bonchev–Trinajstić information content (AvgIpc) is 2.48. The van der Waals surface area contributed by atoms with Gasteiger partial charge in [-0.25, -0.2) is 0 Å². The molecule has 1 fully saturated rings. The maximum absolute atomic E-state index is 11.3. The van der Waals surface area contributed by atoms with Gasteiger partial charge in [-0.3, -0.25) is 9.69 Å². The SMILES string of the molecule is COC(=O)CC1CN(CC=Cc2ccccc2)CCO1. The quantitative estimate of drug-likeness (QED) is 0.770. The van der Waals surface area contributed by atoms with Crippen LogP contribution in [-0.2, 0) is 14.3 Å². The van der Waals surface area contributed by atoms with Gasteiger partial charge >= 0.3 is 5.97 Å². The van der Waals surface area contributed by atoms with E-state index in [-0.39, 0.29) is 12.1 Å². The van der Waals surface area contributed by atoms with Crippen molar-refractivity contribution >= 4 is 12.0 Å². The van der Waals surface area contributed by atoms with E-state index >= 15 is 0 Å². The lowest BCUT2D eigenvalue weighted by atomic mass is 10.2. The van der Waals surface area contributed by atoms with Gasteiger partial charge in [0, 0.05) is 19.6 Å². The second-order valence-corrected chi connectivity index (χ2v) is 4.85. The van der Waals surface area contributed by atoms with Crippen LogP contribution in [0, 0.1) is 0 Å². The Hall–Kier alpha value is -1.65. The molecular formula is C16H21NO3. The van der Waals surface area contributed by atoms with Gasteiger partial charge in [0.15, 0.2) is 0 Å². The van der Waals surface area contributed by atoms with Gasteiger partial charge in [-0.2, -0.15) is 0 Å². The van der Waals surface area contributed by atoms with Crippen LogP contribution in [0.4, 0.5) is 0 Å². The van der Waals surface area contributed by atoms with Gasteiger partial charge in [-0.15, -0.1) is 0 Å².